The molecule has 1 aromatic rings. The molecule has 0 radical (unpaired) electrons. The Bertz CT molecular complexity index is 563. The second-order valence-electron chi connectivity index (χ2n) is 6.90. The maximum atomic E-state index is 12.6. The summed E-state index contributed by atoms with van der Waals surface area (Å²) in [5.41, 5.74) is 0. The fraction of sp³-hybridized carbons (Fsp3) is 0.632. The van der Waals surface area contributed by atoms with Crippen LogP contribution in [0.2, 0.25) is 10.0 Å². The van der Waals surface area contributed by atoms with Crippen molar-refractivity contribution in [2.24, 2.45) is 5.92 Å². The van der Waals surface area contributed by atoms with E-state index in [0.717, 1.165) is 58.4 Å². The quantitative estimate of drug-likeness (QED) is 0.765. The molecule has 2 saturated heterocycles. The lowest BCUT2D eigenvalue weighted by Crippen LogP contribution is -2.45. The minimum Gasteiger partial charge on any atom is -0.489 e. The molecular formula is C19H26Cl2N2O2. The highest BCUT2D eigenvalue weighted by Gasteiger charge is 2.29. The molecule has 0 bridgehead atoms. The number of piperidine rings is 2. The minimum absolute atomic E-state index is 0.202. The summed E-state index contributed by atoms with van der Waals surface area (Å²) in [5, 5.41) is 1.08. The van der Waals surface area contributed by atoms with Gasteiger partial charge in [0, 0.05) is 25.6 Å². The number of hydrogen-bond donors (Lipinski definition) is 0. The number of ether oxygens (including phenoxy) is 1. The number of nitrogens with zero attached hydrogens (tertiary/aromatic N) is 2. The molecule has 6 heteroatoms. The van der Waals surface area contributed by atoms with Gasteiger partial charge in [0.2, 0.25) is 5.91 Å². The molecule has 0 N–H and O–H groups in total. The van der Waals surface area contributed by atoms with Crippen molar-refractivity contribution in [3.8, 4) is 5.75 Å². The average Bonchev–Trinajstić information content (AvgIpc) is 2.65. The van der Waals surface area contributed by atoms with Gasteiger partial charge in [-0.25, -0.2) is 0 Å². The van der Waals surface area contributed by atoms with Gasteiger partial charge >= 0.3 is 0 Å². The Morgan fingerprint density at radius 2 is 1.68 bits per heavy atom. The van der Waals surface area contributed by atoms with Crippen molar-refractivity contribution in [2.75, 3.05) is 39.3 Å². The molecule has 1 amide bonds. The van der Waals surface area contributed by atoms with Crippen molar-refractivity contribution in [1.82, 2.24) is 9.80 Å². The molecule has 2 aliphatic heterocycles. The molecule has 3 rings (SSSR count). The molecule has 2 heterocycles. The Hall–Kier alpha value is -0.970. The highest BCUT2D eigenvalue weighted by molar-refractivity contribution is 6.37. The highest BCUT2D eigenvalue weighted by atomic mass is 35.5. The number of carbonyl (C=O) groups excluding carboxylic acids is 1. The number of para-hydroxylation sites is 1. The summed E-state index contributed by atoms with van der Waals surface area (Å²) in [6, 6.07) is 5.36. The van der Waals surface area contributed by atoms with Gasteiger partial charge in [0.05, 0.1) is 10.0 Å². The molecule has 4 nitrogen and oxygen atoms in total. The second-order valence-corrected chi connectivity index (χ2v) is 7.72. The van der Waals surface area contributed by atoms with Crippen molar-refractivity contribution in [3.05, 3.63) is 28.2 Å². The molecule has 0 aromatic heterocycles. The molecule has 2 fully saturated rings. The predicted molar refractivity (Wildman–Crippen MR) is 102 cm³/mol. The SMILES string of the molecule is O=C(C1CCN(CCOc2c(Cl)cccc2Cl)CC1)N1CCCCC1. The summed E-state index contributed by atoms with van der Waals surface area (Å²) in [5.74, 6) is 1.13. The van der Waals surface area contributed by atoms with E-state index in [9.17, 15) is 4.79 Å². The second kappa shape index (κ2) is 9.11. The standard InChI is InChI=1S/C19H26Cl2N2O2/c20-16-5-4-6-17(21)18(16)25-14-13-22-11-7-15(8-12-22)19(24)23-9-2-1-3-10-23/h4-6,15H,1-3,7-14H2. The van der Waals surface area contributed by atoms with Crippen molar-refractivity contribution in [2.45, 2.75) is 32.1 Å². The lowest BCUT2D eigenvalue weighted by atomic mass is 9.94. The molecule has 25 heavy (non-hydrogen) atoms. The van der Waals surface area contributed by atoms with Gasteiger partial charge in [-0.15, -0.1) is 0 Å². The number of benzene rings is 1. The average molecular weight is 385 g/mol. The van der Waals surface area contributed by atoms with Crippen LogP contribution in [0.4, 0.5) is 0 Å². The topological polar surface area (TPSA) is 32.8 Å². The van der Waals surface area contributed by atoms with Crippen LogP contribution in [0.3, 0.4) is 0 Å². The van der Waals surface area contributed by atoms with E-state index >= 15 is 0 Å². The summed E-state index contributed by atoms with van der Waals surface area (Å²) >= 11 is 12.2. The third-order valence-corrected chi connectivity index (χ3v) is 5.77. The lowest BCUT2D eigenvalue weighted by molar-refractivity contribution is -0.138. The first-order valence-electron chi connectivity index (χ1n) is 9.23. The molecular weight excluding hydrogens is 359 g/mol. The van der Waals surface area contributed by atoms with Gasteiger partial charge in [-0.05, 0) is 57.3 Å². The van der Waals surface area contributed by atoms with Crippen molar-refractivity contribution in [1.29, 1.82) is 0 Å². The fourth-order valence-electron chi connectivity index (χ4n) is 3.67. The van der Waals surface area contributed by atoms with E-state index in [1.165, 1.54) is 6.42 Å². The zero-order valence-electron chi connectivity index (χ0n) is 14.6. The zero-order valence-corrected chi connectivity index (χ0v) is 16.1. The number of amides is 1. The van der Waals surface area contributed by atoms with Gasteiger partial charge in [-0.3, -0.25) is 9.69 Å². The maximum absolute atomic E-state index is 12.6. The van der Waals surface area contributed by atoms with Crippen LogP contribution in [0.1, 0.15) is 32.1 Å². The van der Waals surface area contributed by atoms with Crippen molar-refractivity contribution < 1.29 is 9.53 Å². The van der Waals surface area contributed by atoms with Crippen LogP contribution in [-0.2, 0) is 4.79 Å². The van der Waals surface area contributed by atoms with Gasteiger partial charge in [0.15, 0.2) is 5.75 Å². The van der Waals surface area contributed by atoms with Crippen molar-refractivity contribution in [3.63, 3.8) is 0 Å². The Morgan fingerprint density at radius 1 is 1.04 bits per heavy atom. The summed E-state index contributed by atoms with van der Waals surface area (Å²) in [6.45, 7) is 5.17. The smallest absolute Gasteiger partial charge is 0.225 e. The van der Waals surface area contributed by atoms with Gasteiger partial charge < -0.3 is 9.64 Å². The number of halogens is 2. The van der Waals surface area contributed by atoms with E-state index in [2.05, 4.69) is 9.80 Å². The summed E-state index contributed by atoms with van der Waals surface area (Å²) in [6.07, 6.45) is 5.47. The largest absolute Gasteiger partial charge is 0.489 e. The summed E-state index contributed by atoms with van der Waals surface area (Å²) in [4.78, 5) is 17.0. The van der Waals surface area contributed by atoms with Crippen LogP contribution < -0.4 is 4.74 Å². The van der Waals surface area contributed by atoms with Crippen LogP contribution in [0.25, 0.3) is 0 Å². The maximum Gasteiger partial charge on any atom is 0.225 e. The van der Waals surface area contributed by atoms with E-state index < -0.39 is 0 Å². The third-order valence-electron chi connectivity index (χ3n) is 5.18. The van der Waals surface area contributed by atoms with E-state index in [-0.39, 0.29) is 5.92 Å². The first-order chi connectivity index (χ1) is 12.1. The van der Waals surface area contributed by atoms with Crippen LogP contribution in [0.15, 0.2) is 18.2 Å². The molecule has 2 aliphatic rings. The van der Waals surface area contributed by atoms with E-state index in [0.29, 0.717) is 28.3 Å². The lowest BCUT2D eigenvalue weighted by Gasteiger charge is -2.35. The molecule has 0 atom stereocenters. The van der Waals surface area contributed by atoms with Crippen LogP contribution in [-0.4, -0.2) is 55.0 Å². The van der Waals surface area contributed by atoms with Gasteiger partial charge in [0.1, 0.15) is 6.61 Å². The number of rotatable bonds is 5. The monoisotopic (exact) mass is 384 g/mol. The fourth-order valence-corrected chi connectivity index (χ4v) is 4.18. The molecule has 1 aromatic carbocycles. The molecule has 0 aliphatic carbocycles. The van der Waals surface area contributed by atoms with E-state index in [1.807, 2.05) is 6.07 Å². The molecule has 0 spiro atoms. The minimum atomic E-state index is 0.202. The van der Waals surface area contributed by atoms with Gasteiger partial charge in [-0.1, -0.05) is 29.3 Å². The number of likely N-dealkylation sites (tertiary alicyclic amines) is 2. The Morgan fingerprint density at radius 3 is 2.32 bits per heavy atom. The Labute approximate surface area is 160 Å². The normalized spacial score (nSPS) is 19.8. The van der Waals surface area contributed by atoms with Crippen LogP contribution in [0, 0.1) is 5.92 Å². The van der Waals surface area contributed by atoms with Crippen LogP contribution >= 0.6 is 23.2 Å². The first-order valence-corrected chi connectivity index (χ1v) is 9.98. The van der Waals surface area contributed by atoms with Crippen LogP contribution in [0.5, 0.6) is 5.75 Å². The Balaban J connectivity index is 1.40. The third kappa shape index (κ3) is 5.02. The zero-order chi connectivity index (χ0) is 17.6. The van der Waals surface area contributed by atoms with E-state index in [4.69, 9.17) is 27.9 Å². The highest BCUT2D eigenvalue weighted by Crippen LogP contribution is 2.32. The molecule has 0 saturated carbocycles. The molecule has 0 unspecified atom stereocenters. The Kier molecular flexibility index (Phi) is 6.85. The summed E-state index contributed by atoms with van der Waals surface area (Å²) in [7, 11) is 0. The summed E-state index contributed by atoms with van der Waals surface area (Å²) < 4.78 is 5.76. The first kappa shape index (κ1) is 18.8. The van der Waals surface area contributed by atoms with Crippen molar-refractivity contribution >= 4 is 29.1 Å². The number of carbonyl (C=O) groups is 1. The van der Waals surface area contributed by atoms with Gasteiger partial charge in [-0.2, -0.15) is 0 Å². The molecule has 138 valence electrons. The van der Waals surface area contributed by atoms with E-state index in [1.54, 1.807) is 12.1 Å². The number of hydrogen-bond acceptors (Lipinski definition) is 3. The predicted octanol–water partition coefficient (Wildman–Crippen LogP) is 4.10. The van der Waals surface area contributed by atoms with Gasteiger partial charge in [0.25, 0.3) is 0 Å².